The Bertz CT molecular complexity index is 433. The van der Waals surface area contributed by atoms with Gasteiger partial charge in [0.05, 0.1) is 0 Å². The monoisotopic (exact) mass is 243 g/mol. The van der Waals surface area contributed by atoms with E-state index in [1.807, 2.05) is 0 Å². The van der Waals surface area contributed by atoms with Gasteiger partial charge in [0.2, 0.25) is 0 Å². The summed E-state index contributed by atoms with van der Waals surface area (Å²) in [5.74, 6) is -1.62. The molecule has 0 bridgehead atoms. The van der Waals surface area contributed by atoms with Gasteiger partial charge in [-0.05, 0) is 12.1 Å². The van der Waals surface area contributed by atoms with E-state index in [2.05, 4.69) is 5.32 Å². The van der Waals surface area contributed by atoms with Gasteiger partial charge in [0.1, 0.15) is 11.9 Å². The predicted octanol–water partition coefficient (Wildman–Crippen LogP) is 2.14. The van der Waals surface area contributed by atoms with Crippen LogP contribution in [0.25, 0.3) is 0 Å². The summed E-state index contributed by atoms with van der Waals surface area (Å²) in [7, 11) is 0. The molecule has 92 valence electrons. The summed E-state index contributed by atoms with van der Waals surface area (Å²) < 4.78 is 30.8. The molecule has 6 heteroatoms. The number of rotatable bonds is 3. The molecule has 1 aliphatic rings. The zero-order valence-corrected chi connectivity index (χ0v) is 8.82. The summed E-state index contributed by atoms with van der Waals surface area (Å²) in [6.07, 6.45) is -0.158. The molecule has 0 unspecified atom stereocenters. The smallest absolute Gasteiger partial charge is 0.404 e. The zero-order chi connectivity index (χ0) is 12.4. The highest BCUT2D eigenvalue weighted by Gasteiger charge is 2.32. The first-order chi connectivity index (χ1) is 8.04. The Kier molecular flexibility index (Phi) is 3.12. The van der Waals surface area contributed by atoms with Crippen LogP contribution in [0.4, 0.5) is 13.6 Å². The molecular weight excluding hydrogens is 232 g/mol. The van der Waals surface area contributed by atoms with Crippen molar-refractivity contribution in [1.29, 1.82) is 0 Å². The highest BCUT2D eigenvalue weighted by Crippen LogP contribution is 2.26. The lowest BCUT2D eigenvalue weighted by Gasteiger charge is -2.34. The average molecular weight is 243 g/mol. The van der Waals surface area contributed by atoms with E-state index in [4.69, 9.17) is 9.84 Å². The van der Waals surface area contributed by atoms with Crippen molar-refractivity contribution in [1.82, 2.24) is 5.32 Å². The van der Waals surface area contributed by atoms with Gasteiger partial charge in [0.15, 0.2) is 11.6 Å². The molecule has 1 aromatic carbocycles. The molecule has 1 saturated carbocycles. The van der Waals surface area contributed by atoms with Gasteiger partial charge in [-0.15, -0.1) is 0 Å². The van der Waals surface area contributed by atoms with Crippen LogP contribution in [0.1, 0.15) is 12.8 Å². The predicted molar refractivity (Wildman–Crippen MR) is 55.0 cm³/mol. The van der Waals surface area contributed by atoms with Gasteiger partial charge in [0, 0.05) is 24.9 Å². The molecule has 0 atom stereocenters. The summed E-state index contributed by atoms with van der Waals surface area (Å²) >= 11 is 0. The van der Waals surface area contributed by atoms with Crippen molar-refractivity contribution in [2.24, 2.45) is 0 Å². The lowest BCUT2D eigenvalue weighted by molar-refractivity contribution is 0.0830. The first-order valence-electron chi connectivity index (χ1n) is 5.16. The highest BCUT2D eigenvalue weighted by molar-refractivity contribution is 5.65. The molecule has 0 saturated heterocycles. The van der Waals surface area contributed by atoms with E-state index >= 15 is 0 Å². The molecule has 17 heavy (non-hydrogen) atoms. The van der Waals surface area contributed by atoms with Gasteiger partial charge in [-0.3, -0.25) is 0 Å². The molecule has 2 rings (SSSR count). The molecule has 0 radical (unpaired) electrons. The minimum atomic E-state index is -1.07. The third-order valence-corrected chi connectivity index (χ3v) is 2.62. The van der Waals surface area contributed by atoms with E-state index in [1.54, 1.807) is 0 Å². The van der Waals surface area contributed by atoms with Crippen LogP contribution in [-0.4, -0.2) is 23.3 Å². The van der Waals surface area contributed by atoms with Crippen LogP contribution in [0.5, 0.6) is 5.75 Å². The third kappa shape index (κ3) is 2.83. The van der Waals surface area contributed by atoms with Crippen molar-refractivity contribution < 1.29 is 23.4 Å². The number of benzene rings is 1. The van der Waals surface area contributed by atoms with Gasteiger partial charge in [0.25, 0.3) is 0 Å². The molecule has 2 N–H and O–H groups in total. The minimum Gasteiger partial charge on any atom is -0.490 e. The summed E-state index contributed by atoms with van der Waals surface area (Å²) in [6, 6.07) is 3.20. The molecule has 0 spiro atoms. The van der Waals surface area contributed by atoms with E-state index in [0.717, 1.165) is 12.1 Å². The second-order valence-electron chi connectivity index (χ2n) is 3.93. The van der Waals surface area contributed by atoms with Crippen molar-refractivity contribution in [2.75, 3.05) is 0 Å². The fraction of sp³-hybridized carbons (Fsp3) is 0.364. The number of amides is 1. The van der Waals surface area contributed by atoms with Crippen LogP contribution in [0.3, 0.4) is 0 Å². The number of nitrogens with one attached hydrogen (secondary N) is 1. The van der Waals surface area contributed by atoms with E-state index in [9.17, 15) is 13.6 Å². The summed E-state index contributed by atoms with van der Waals surface area (Å²) in [5, 5.41) is 10.8. The molecule has 4 nitrogen and oxygen atoms in total. The van der Waals surface area contributed by atoms with Crippen LogP contribution in [0.15, 0.2) is 18.2 Å². The summed E-state index contributed by atoms with van der Waals surface area (Å²) in [6.45, 7) is 0. The lowest BCUT2D eigenvalue weighted by Crippen LogP contribution is -2.48. The maximum Gasteiger partial charge on any atom is 0.404 e. The third-order valence-electron chi connectivity index (χ3n) is 2.62. The van der Waals surface area contributed by atoms with Crippen molar-refractivity contribution in [2.45, 2.75) is 25.0 Å². The number of carbonyl (C=O) groups is 1. The van der Waals surface area contributed by atoms with Crippen LogP contribution in [0.2, 0.25) is 0 Å². The Morgan fingerprint density at radius 1 is 1.35 bits per heavy atom. The maximum absolute atomic E-state index is 12.9. The second kappa shape index (κ2) is 4.57. The standard InChI is InChI=1S/C11H11F2NO3/c12-9-2-1-7(5-10(9)13)17-8-3-6(4-8)14-11(15)16/h1-2,5-6,8,14H,3-4H2,(H,15,16). The first kappa shape index (κ1) is 11.6. The normalized spacial score (nSPS) is 22.7. The van der Waals surface area contributed by atoms with Crippen LogP contribution < -0.4 is 10.1 Å². The lowest BCUT2D eigenvalue weighted by atomic mass is 9.89. The average Bonchev–Trinajstić information content (AvgIpc) is 2.19. The molecule has 1 amide bonds. The summed E-state index contributed by atoms with van der Waals surface area (Å²) in [5.41, 5.74) is 0. The van der Waals surface area contributed by atoms with Gasteiger partial charge in [-0.1, -0.05) is 0 Å². The maximum atomic E-state index is 12.9. The Hall–Kier alpha value is -1.85. The molecule has 0 aromatic heterocycles. The second-order valence-corrected chi connectivity index (χ2v) is 3.93. The molecule has 1 fully saturated rings. The van der Waals surface area contributed by atoms with Gasteiger partial charge in [-0.2, -0.15) is 0 Å². The Balaban J connectivity index is 1.83. The number of halogens is 2. The molecule has 1 aliphatic carbocycles. The van der Waals surface area contributed by atoms with Crippen molar-refractivity contribution in [3.8, 4) is 5.75 Å². The van der Waals surface area contributed by atoms with Gasteiger partial charge in [-0.25, -0.2) is 13.6 Å². The number of hydrogen-bond acceptors (Lipinski definition) is 2. The quantitative estimate of drug-likeness (QED) is 0.855. The van der Waals surface area contributed by atoms with Crippen LogP contribution >= 0.6 is 0 Å². The van der Waals surface area contributed by atoms with Crippen molar-refractivity contribution in [3.63, 3.8) is 0 Å². The first-order valence-corrected chi connectivity index (χ1v) is 5.16. The molecule has 0 aliphatic heterocycles. The van der Waals surface area contributed by atoms with E-state index < -0.39 is 17.7 Å². The molecule has 1 aromatic rings. The summed E-state index contributed by atoms with van der Waals surface area (Å²) in [4.78, 5) is 10.3. The topological polar surface area (TPSA) is 58.6 Å². The molecular formula is C11H11F2NO3. The van der Waals surface area contributed by atoms with E-state index in [1.165, 1.54) is 6.07 Å². The molecule has 0 heterocycles. The Labute approximate surface area is 96.2 Å². The zero-order valence-electron chi connectivity index (χ0n) is 8.82. The van der Waals surface area contributed by atoms with Crippen molar-refractivity contribution >= 4 is 6.09 Å². The minimum absolute atomic E-state index is 0.122. The Morgan fingerprint density at radius 3 is 2.65 bits per heavy atom. The number of carboxylic acid groups (broad SMARTS) is 1. The fourth-order valence-corrected chi connectivity index (χ4v) is 1.70. The fourth-order valence-electron chi connectivity index (χ4n) is 1.70. The van der Waals surface area contributed by atoms with Gasteiger partial charge >= 0.3 is 6.09 Å². The van der Waals surface area contributed by atoms with E-state index in [0.29, 0.717) is 12.8 Å². The number of hydrogen-bond donors (Lipinski definition) is 2. The SMILES string of the molecule is O=C(O)NC1CC(Oc2ccc(F)c(F)c2)C1. The van der Waals surface area contributed by atoms with Crippen LogP contribution in [0, 0.1) is 11.6 Å². The highest BCUT2D eigenvalue weighted by atomic mass is 19.2. The number of ether oxygens (including phenoxy) is 1. The van der Waals surface area contributed by atoms with Gasteiger partial charge < -0.3 is 15.2 Å². The Morgan fingerprint density at radius 2 is 2.06 bits per heavy atom. The van der Waals surface area contributed by atoms with Crippen LogP contribution in [-0.2, 0) is 0 Å². The van der Waals surface area contributed by atoms with E-state index in [-0.39, 0.29) is 17.9 Å². The van der Waals surface area contributed by atoms with Crippen molar-refractivity contribution in [3.05, 3.63) is 29.8 Å². The largest absolute Gasteiger partial charge is 0.490 e.